The predicted octanol–water partition coefficient (Wildman–Crippen LogP) is 2.78. The van der Waals surface area contributed by atoms with Crippen LogP contribution >= 0.6 is 0 Å². The Morgan fingerprint density at radius 1 is 1.05 bits per heavy atom. The van der Waals surface area contributed by atoms with E-state index in [1.807, 2.05) is 42.5 Å². The van der Waals surface area contributed by atoms with Crippen molar-refractivity contribution in [3.05, 3.63) is 48.0 Å². The minimum Gasteiger partial charge on any atom is -0.299 e. The van der Waals surface area contributed by atoms with Gasteiger partial charge >= 0.3 is 0 Å². The number of rotatable bonds is 6. The van der Waals surface area contributed by atoms with Gasteiger partial charge in [-0.1, -0.05) is 42.5 Å². The van der Waals surface area contributed by atoms with E-state index in [4.69, 9.17) is 0 Å². The standard InChI is InChI=1S/C16H18O3S/c1-20(18,19)11-5-9-15(17)12-14-8-4-7-13-6-2-3-10-16(13)14/h2-4,6-8,10H,5,9,11-12H2,1H3. The summed E-state index contributed by atoms with van der Waals surface area (Å²) in [5.41, 5.74) is 1.01. The lowest BCUT2D eigenvalue weighted by Crippen LogP contribution is -2.08. The van der Waals surface area contributed by atoms with Crippen LogP contribution in [0.15, 0.2) is 42.5 Å². The molecule has 0 unspecified atom stereocenters. The summed E-state index contributed by atoms with van der Waals surface area (Å²) in [5.74, 6) is 0.166. The molecule has 0 heterocycles. The molecule has 2 aromatic rings. The lowest BCUT2D eigenvalue weighted by Gasteiger charge is -2.06. The molecule has 0 radical (unpaired) electrons. The second-order valence-electron chi connectivity index (χ2n) is 5.09. The highest BCUT2D eigenvalue weighted by atomic mass is 32.2. The first kappa shape index (κ1) is 14.7. The molecule has 0 bridgehead atoms. The smallest absolute Gasteiger partial charge is 0.147 e. The van der Waals surface area contributed by atoms with Crippen molar-refractivity contribution in [2.45, 2.75) is 19.3 Å². The van der Waals surface area contributed by atoms with Gasteiger partial charge in [-0.2, -0.15) is 0 Å². The molecule has 3 nitrogen and oxygen atoms in total. The van der Waals surface area contributed by atoms with Crippen LogP contribution in [0, 0.1) is 0 Å². The molecule has 0 aliphatic carbocycles. The molecule has 20 heavy (non-hydrogen) atoms. The molecular weight excluding hydrogens is 272 g/mol. The van der Waals surface area contributed by atoms with Gasteiger partial charge in [0.1, 0.15) is 15.6 Å². The molecule has 0 atom stereocenters. The summed E-state index contributed by atoms with van der Waals surface area (Å²) < 4.78 is 22.1. The molecule has 0 aliphatic heterocycles. The maximum atomic E-state index is 11.9. The van der Waals surface area contributed by atoms with Crippen LogP contribution in [0.5, 0.6) is 0 Å². The van der Waals surface area contributed by atoms with E-state index in [9.17, 15) is 13.2 Å². The van der Waals surface area contributed by atoms with Crippen molar-refractivity contribution >= 4 is 26.4 Å². The summed E-state index contributed by atoms with van der Waals surface area (Å²) in [6, 6.07) is 13.9. The number of benzene rings is 2. The highest BCUT2D eigenvalue weighted by molar-refractivity contribution is 7.90. The van der Waals surface area contributed by atoms with E-state index in [-0.39, 0.29) is 11.5 Å². The zero-order chi connectivity index (χ0) is 14.6. The summed E-state index contributed by atoms with van der Waals surface area (Å²) in [6.07, 6.45) is 2.28. The van der Waals surface area contributed by atoms with Gasteiger partial charge in [-0.25, -0.2) is 8.42 Å². The summed E-state index contributed by atoms with van der Waals surface area (Å²) in [5, 5.41) is 2.21. The van der Waals surface area contributed by atoms with E-state index in [1.165, 1.54) is 6.26 Å². The number of fused-ring (bicyclic) bond motifs is 1. The fourth-order valence-electron chi connectivity index (χ4n) is 2.28. The molecule has 2 aromatic carbocycles. The maximum Gasteiger partial charge on any atom is 0.147 e. The van der Waals surface area contributed by atoms with Crippen molar-refractivity contribution in [3.8, 4) is 0 Å². The van der Waals surface area contributed by atoms with Gasteiger partial charge in [-0.3, -0.25) is 4.79 Å². The zero-order valence-electron chi connectivity index (χ0n) is 11.5. The Morgan fingerprint density at radius 3 is 2.50 bits per heavy atom. The predicted molar refractivity (Wildman–Crippen MR) is 81.6 cm³/mol. The first-order valence-corrected chi connectivity index (χ1v) is 8.68. The third-order valence-corrected chi connectivity index (χ3v) is 4.27. The summed E-state index contributed by atoms with van der Waals surface area (Å²) in [6.45, 7) is 0. The Labute approximate surface area is 119 Å². The molecular formula is C16H18O3S. The topological polar surface area (TPSA) is 51.2 Å². The minimum absolute atomic E-state index is 0.0777. The molecule has 0 aromatic heterocycles. The van der Waals surface area contributed by atoms with Gasteiger partial charge in [-0.05, 0) is 22.8 Å². The molecule has 0 N–H and O–H groups in total. The van der Waals surface area contributed by atoms with Gasteiger partial charge in [0.2, 0.25) is 0 Å². The Bertz CT molecular complexity index is 712. The zero-order valence-corrected chi connectivity index (χ0v) is 12.3. The van der Waals surface area contributed by atoms with Crippen LogP contribution < -0.4 is 0 Å². The molecule has 0 amide bonds. The molecule has 0 fully saturated rings. The number of Topliss-reactive ketones (excluding diaryl/α,β-unsaturated/α-hetero) is 1. The lowest BCUT2D eigenvalue weighted by atomic mass is 9.99. The van der Waals surface area contributed by atoms with Crippen molar-refractivity contribution in [2.75, 3.05) is 12.0 Å². The van der Waals surface area contributed by atoms with Crippen LogP contribution in [0.2, 0.25) is 0 Å². The normalized spacial score (nSPS) is 11.7. The number of hydrogen-bond acceptors (Lipinski definition) is 3. The Hall–Kier alpha value is -1.68. The summed E-state index contributed by atoms with van der Waals surface area (Å²) in [4.78, 5) is 11.9. The number of ketones is 1. The van der Waals surface area contributed by atoms with Gasteiger partial charge in [0.05, 0.1) is 5.75 Å². The molecule has 0 aliphatic rings. The fraction of sp³-hybridized carbons (Fsp3) is 0.312. The number of hydrogen-bond donors (Lipinski definition) is 0. The van der Waals surface area contributed by atoms with Gasteiger partial charge in [-0.15, -0.1) is 0 Å². The van der Waals surface area contributed by atoms with Crippen molar-refractivity contribution < 1.29 is 13.2 Å². The Kier molecular flexibility index (Phi) is 4.55. The van der Waals surface area contributed by atoms with E-state index in [0.29, 0.717) is 19.3 Å². The molecule has 0 saturated carbocycles. The van der Waals surface area contributed by atoms with E-state index in [0.717, 1.165) is 16.3 Å². The van der Waals surface area contributed by atoms with Crippen molar-refractivity contribution in [2.24, 2.45) is 0 Å². The van der Waals surface area contributed by atoms with E-state index < -0.39 is 9.84 Å². The van der Waals surface area contributed by atoms with Crippen molar-refractivity contribution in [1.29, 1.82) is 0 Å². The van der Waals surface area contributed by atoms with Crippen LogP contribution in [0.4, 0.5) is 0 Å². The van der Waals surface area contributed by atoms with Crippen LogP contribution in [0.1, 0.15) is 18.4 Å². The highest BCUT2D eigenvalue weighted by Crippen LogP contribution is 2.19. The van der Waals surface area contributed by atoms with Crippen LogP contribution in [0.3, 0.4) is 0 Å². The number of sulfone groups is 1. The quantitative estimate of drug-likeness (QED) is 0.822. The SMILES string of the molecule is CS(=O)(=O)CCCC(=O)Cc1cccc2ccccc12. The Balaban J connectivity index is 2.03. The van der Waals surface area contributed by atoms with Gasteiger partial charge in [0.25, 0.3) is 0 Å². The van der Waals surface area contributed by atoms with Crippen LogP contribution in [-0.2, 0) is 21.1 Å². The molecule has 0 saturated heterocycles. The number of carbonyl (C=O) groups excluding carboxylic acids is 1. The third-order valence-electron chi connectivity index (χ3n) is 3.24. The van der Waals surface area contributed by atoms with E-state index >= 15 is 0 Å². The molecule has 106 valence electrons. The summed E-state index contributed by atoms with van der Waals surface area (Å²) in [7, 11) is -2.98. The van der Waals surface area contributed by atoms with Gasteiger partial charge < -0.3 is 0 Å². The second-order valence-corrected chi connectivity index (χ2v) is 7.35. The maximum absolute atomic E-state index is 11.9. The fourth-order valence-corrected chi connectivity index (χ4v) is 2.95. The van der Waals surface area contributed by atoms with Crippen molar-refractivity contribution in [1.82, 2.24) is 0 Å². The first-order valence-electron chi connectivity index (χ1n) is 6.62. The molecule has 0 spiro atoms. The lowest BCUT2D eigenvalue weighted by molar-refractivity contribution is -0.118. The minimum atomic E-state index is -2.98. The largest absolute Gasteiger partial charge is 0.299 e. The average molecular weight is 290 g/mol. The Morgan fingerprint density at radius 2 is 1.75 bits per heavy atom. The molecule has 2 rings (SSSR count). The average Bonchev–Trinajstić information content (AvgIpc) is 2.37. The second kappa shape index (κ2) is 6.18. The van der Waals surface area contributed by atoms with Gasteiger partial charge in [0.15, 0.2) is 0 Å². The van der Waals surface area contributed by atoms with Crippen LogP contribution in [-0.4, -0.2) is 26.2 Å². The van der Waals surface area contributed by atoms with E-state index in [2.05, 4.69) is 0 Å². The number of carbonyl (C=O) groups is 1. The molecule has 4 heteroatoms. The summed E-state index contributed by atoms with van der Waals surface area (Å²) >= 11 is 0. The third kappa shape index (κ3) is 4.17. The van der Waals surface area contributed by atoms with Gasteiger partial charge in [0, 0.05) is 19.1 Å². The first-order chi connectivity index (χ1) is 9.46. The monoisotopic (exact) mass is 290 g/mol. The highest BCUT2D eigenvalue weighted by Gasteiger charge is 2.09. The van der Waals surface area contributed by atoms with Crippen molar-refractivity contribution in [3.63, 3.8) is 0 Å². The van der Waals surface area contributed by atoms with Crippen LogP contribution in [0.25, 0.3) is 10.8 Å². The van der Waals surface area contributed by atoms with E-state index in [1.54, 1.807) is 0 Å².